The second-order valence-corrected chi connectivity index (χ2v) is 4.55. The molecule has 1 aromatic rings. The average molecular weight is 253 g/mol. The first-order chi connectivity index (χ1) is 7.32. The molecule has 0 bridgehead atoms. The number of alkyl halides is 3. The third-order valence-electron chi connectivity index (χ3n) is 1.89. The third kappa shape index (κ3) is 3.38. The molecule has 0 aliphatic heterocycles. The van der Waals surface area contributed by atoms with Gasteiger partial charge in [0.15, 0.2) is 0 Å². The van der Waals surface area contributed by atoms with E-state index in [0.717, 1.165) is 6.07 Å². The Balaban J connectivity index is 2.89. The van der Waals surface area contributed by atoms with Crippen molar-refractivity contribution in [2.75, 3.05) is 0 Å². The van der Waals surface area contributed by atoms with Gasteiger partial charge in [-0.25, -0.2) is 4.39 Å². The highest BCUT2D eigenvalue weighted by Crippen LogP contribution is 2.37. The molecule has 0 heterocycles. The highest BCUT2D eigenvalue weighted by atomic mass is 32.2. The molecule has 90 valence electrons. The highest BCUT2D eigenvalue weighted by Gasteiger charge is 2.43. The van der Waals surface area contributed by atoms with Crippen molar-refractivity contribution in [2.24, 2.45) is 5.73 Å². The first-order valence-electron chi connectivity index (χ1n) is 4.56. The van der Waals surface area contributed by atoms with E-state index in [1.165, 1.54) is 25.1 Å². The van der Waals surface area contributed by atoms with E-state index in [0.29, 0.717) is 11.8 Å². The molecule has 0 aliphatic rings. The van der Waals surface area contributed by atoms with E-state index in [2.05, 4.69) is 0 Å². The van der Waals surface area contributed by atoms with Crippen LogP contribution in [0.1, 0.15) is 6.92 Å². The lowest BCUT2D eigenvalue weighted by atomic mass is 10.2. The molecule has 0 aromatic heterocycles. The second-order valence-electron chi connectivity index (χ2n) is 3.37. The van der Waals surface area contributed by atoms with Crippen molar-refractivity contribution < 1.29 is 17.6 Å². The van der Waals surface area contributed by atoms with Crippen LogP contribution in [0.4, 0.5) is 17.6 Å². The molecule has 2 N–H and O–H groups in total. The van der Waals surface area contributed by atoms with Crippen LogP contribution < -0.4 is 5.73 Å². The molecule has 1 aromatic carbocycles. The van der Waals surface area contributed by atoms with Gasteiger partial charge >= 0.3 is 6.18 Å². The lowest BCUT2D eigenvalue weighted by molar-refractivity contribution is -0.131. The summed E-state index contributed by atoms with van der Waals surface area (Å²) < 4.78 is 50.9. The Kier molecular flexibility index (Phi) is 4.21. The smallest absolute Gasteiger partial charge is 0.327 e. The van der Waals surface area contributed by atoms with Gasteiger partial charge in [0.05, 0.1) is 0 Å². The fraction of sp³-hybridized carbons (Fsp3) is 0.400. The highest BCUT2D eigenvalue weighted by molar-refractivity contribution is 8.00. The number of hydrogen-bond donors (Lipinski definition) is 1. The molecule has 2 unspecified atom stereocenters. The van der Waals surface area contributed by atoms with Crippen LogP contribution in [0.2, 0.25) is 0 Å². The van der Waals surface area contributed by atoms with Crippen LogP contribution in [0, 0.1) is 5.82 Å². The Hall–Kier alpha value is -0.750. The molecule has 0 radical (unpaired) electrons. The summed E-state index contributed by atoms with van der Waals surface area (Å²) in [5, 5.41) is -1.80. The van der Waals surface area contributed by atoms with Crippen molar-refractivity contribution in [1.82, 2.24) is 0 Å². The minimum Gasteiger partial charge on any atom is -0.327 e. The SMILES string of the molecule is CC(N)C(Sc1ccccc1F)C(F)(F)F. The summed E-state index contributed by atoms with van der Waals surface area (Å²) in [6, 6.07) is 4.25. The van der Waals surface area contributed by atoms with Crippen molar-refractivity contribution in [1.29, 1.82) is 0 Å². The molecule has 0 amide bonds. The van der Waals surface area contributed by atoms with Gasteiger partial charge in [0, 0.05) is 10.9 Å². The Morgan fingerprint density at radius 1 is 1.25 bits per heavy atom. The van der Waals surface area contributed by atoms with Gasteiger partial charge in [-0.1, -0.05) is 12.1 Å². The quantitative estimate of drug-likeness (QED) is 0.661. The van der Waals surface area contributed by atoms with Crippen LogP contribution >= 0.6 is 11.8 Å². The van der Waals surface area contributed by atoms with E-state index in [1.807, 2.05) is 0 Å². The van der Waals surface area contributed by atoms with E-state index >= 15 is 0 Å². The maximum absolute atomic E-state index is 13.2. The summed E-state index contributed by atoms with van der Waals surface area (Å²) >= 11 is 0.405. The van der Waals surface area contributed by atoms with Crippen LogP contribution in [0.15, 0.2) is 29.2 Å². The first kappa shape index (κ1) is 13.3. The standard InChI is InChI=1S/C10H11F4NS/c1-6(15)9(10(12,13)14)16-8-5-3-2-4-7(8)11/h2-6,9H,15H2,1H3. The van der Waals surface area contributed by atoms with E-state index in [4.69, 9.17) is 5.73 Å². The minimum atomic E-state index is -4.44. The van der Waals surface area contributed by atoms with Gasteiger partial charge in [-0.2, -0.15) is 13.2 Å². The molecule has 6 heteroatoms. The lowest BCUT2D eigenvalue weighted by Crippen LogP contribution is -2.40. The number of halogens is 4. The van der Waals surface area contributed by atoms with Crippen LogP contribution in [-0.4, -0.2) is 17.5 Å². The molecule has 0 aliphatic carbocycles. The predicted octanol–water partition coefficient (Wildman–Crippen LogP) is 3.20. The number of benzene rings is 1. The summed E-state index contributed by atoms with van der Waals surface area (Å²) in [6.07, 6.45) is -4.44. The minimum absolute atomic E-state index is 0.0397. The van der Waals surface area contributed by atoms with Gasteiger partial charge in [-0.05, 0) is 19.1 Å². The van der Waals surface area contributed by atoms with Crippen molar-refractivity contribution in [3.05, 3.63) is 30.1 Å². The molecular weight excluding hydrogens is 242 g/mol. The maximum Gasteiger partial charge on any atom is 0.402 e. The van der Waals surface area contributed by atoms with E-state index in [-0.39, 0.29) is 4.90 Å². The zero-order valence-electron chi connectivity index (χ0n) is 8.46. The fourth-order valence-corrected chi connectivity index (χ4v) is 2.11. The first-order valence-corrected chi connectivity index (χ1v) is 5.44. The molecule has 16 heavy (non-hydrogen) atoms. The summed E-state index contributed by atoms with van der Waals surface area (Å²) in [7, 11) is 0. The fourth-order valence-electron chi connectivity index (χ4n) is 1.15. The van der Waals surface area contributed by atoms with Gasteiger partial charge in [-0.15, -0.1) is 11.8 Å². The average Bonchev–Trinajstić information content (AvgIpc) is 2.14. The van der Waals surface area contributed by atoms with Gasteiger partial charge in [0.2, 0.25) is 0 Å². The lowest BCUT2D eigenvalue weighted by Gasteiger charge is -2.23. The van der Waals surface area contributed by atoms with Crippen LogP contribution in [-0.2, 0) is 0 Å². The predicted molar refractivity (Wildman–Crippen MR) is 55.7 cm³/mol. The van der Waals surface area contributed by atoms with E-state index < -0.39 is 23.3 Å². The number of thioether (sulfide) groups is 1. The maximum atomic E-state index is 13.2. The number of rotatable bonds is 3. The van der Waals surface area contributed by atoms with Crippen molar-refractivity contribution in [3.63, 3.8) is 0 Å². The number of nitrogens with two attached hydrogens (primary N) is 1. The molecule has 0 fully saturated rings. The van der Waals surface area contributed by atoms with Crippen LogP contribution in [0.5, 0.6) is 0 Å². The van der Waals surface area contributed by atoms with Crippen LogP contribution in [0.3, 0.4) is 0 Å². The summed E-state index contributed by atoms with van der Waals surface area (Å²) in [5.41, 5.74) is 5.26. The summed E-state index contributed by atoms with van der Waals surface area (Å²) in [6.45, 7) is 1.26. The van der Waals surface area contributed by atoms with Crippen molar-refractivity contribution in [3.8, 4) is 0 Å². The molecule has 0 saturated heterocycles. The number of hydrogen-bond acceptors (Lipinski definition) is 2. The largest absolute Gasteiger partial charge is 0.402 e. The van der Waals surface area contributed by atoms with Crippen molar-refractivity contribution >= 4 is 11.8 Å². The zero-order chi connectivity index (χ0) is 12.3. The molecular formula is C10H11F4NS. The topological polar surface area (TPSA) is 26.0 Å². The van der Waals surface area contributed by atoms with Gasteiger partial charge < -0.3 is 5.73 Å². The Bertz CT molecular complexity index is 351. The van der Waals surface area contributed by atoms with Crippen LogP contribution in [0.25, 0.3) is 0 Å². The monoisotopic (exact) mass is 253 g/mol. The van der Waals surface area contributed by atoms with Gasteiger partial charge in [0.1, 0.15) is 11.1 Å². The molecule has 0 saturated carbocycles. The molecule has 2 atom stereocenters. The molecule has 1 nitrogen and oxygen atoms in total. The third-order valence-corrected chi connectivity index (χ3v) is 3.43. The Morgan fingerprint density at radius 2 is 1.81 bits per heavy atom. The molecule has 1 rings (SSSR count). The Morgan fingerprint density at radius 3 is 2.25 bits per heavy atom. The van der Waals surface area contributed by atoms with Gasteiger partial charge in [0.25, 0.3) is 0 Å². The van der Waals surface area contributed by atoms with Crippen molar-refractivity contribution in [2.45, 2.75) is 29.3 Å². The second kappa shape index (κ2) is 5.05. The van der Waals surface area contributed by atoms with E-state index in [9.17, 15) is 17.6 Å². The van der Waals surface area contributed by atoms with E-state index in [1.54, 1.807) is 0 Å². The summed E-state index contributed by atoms with van der Waals surface area (Å²) in [4.78, 5) is -0.0397. The molecule has 0 spiro atoms. The normalized spacial score (nSPS) is 15.9. The summed E-state index contributed by atoms with van der Waals surface area (Å²) in [5.74, 6) is -0.664. The van der Waals surface area contributed by atoms with Gasteiger partial charge in [-0.3, -0.25) is 0 Å². The Labute approximate surface area is 95.0 Å². The zero-order valence-corrected chi connectivity index (χ0v) is 9.28.